The summed E-state index contributed by atoms with van der Waals surface area (Å²) in [6, 6.07) is 0. The Balaban J connectivity index is 3.09. The molecule has 122 valence electrons. The quantitative estimate of drug-likeness (QED) is 0.464. The summed E-state index contributed by atoms with van der Waals surface area (Å²) in [7, 11) is 2.04. The van der Waals surface area contributed by atoms with Crippen molar-refractivity contribution in [3.05, 3.63) is 0 Å². The van der Waals surface area contributed by atoms with Crippen LogP contribution in [0.3, 0.4) is 0 Å². The fourth-order valence-corrected chi connectivity index (χ4v) is 1.53. The van der Waals surface area contributed by atoms with Gasteiger partial charge in [-0.15, -0.1) is 0 Å². The molecule has 1 atom stereocenters. The molecule has 0 saturated heterocycles. The number of nitrogens with zero attached hydrogens (tertiary/aromatic N) is 1. The largest absolute Gasteiger partial charge is 0.393 e. The van der Waals surface area contributed by atoms with Gasteiger partial charge in [0.1, 0.15) is 0 Å². The van der Waals surface area contributed by atoms with Gasteiger partial charge in [-0.1, -0.05) is 13.3 Å². The fraction of sp³-hybridized carbons (Fsp3) is 1.00. The first-order valence-electron chi connectivity index (χ1n) is 7.76. The van der Waals surface area contributed by atoms with E-state index >= 15 is 0 Å². The molecule has 5 nitrogen and oxygen atoms in total. The minimum atomic E-state index is -0.230. The Kier molecular flexibility index (Phi) is 15.0. The molecular weight excluding hydrogens is 258 g/mol. The SMILES string of the molecule is CCCCOCCOCCOCCN(C)CCC(C)O. The van der Waals surface area contributed by atoms with Crippen LogP contribution in [-0.2, 0) is 14.2 Å². The van der Waals surface area contributed by atoms with Crippen LogP contribution >= 0.6 is 0 Å². The summed E-state index contributed by atoms with van der Waals surface area (Å²) >= 11 is 0. The number of aliphatic hydroxyl groups is 1. The first-order valence-corrected chi connectivity index (χ1v) is 7.76. The second-order valence-corrected chi connectivity index (χ2v) is 5.13. The van der Waals surface area contributed by atoms with Crippen molar-refractivity contribution in [2.24, 2.45) is 0 Å². The van der Waals surface area contributed by atoms with Gasteiger partial charge in [0.15, 0.2) is 0 Å². The van der Waals surface area contributed by atoms with Crippen LogP contribution in [0.4, 0.5) is 0 Å². The molecule has 20 heavy (non-hydrogen) atoms. The highest BCUT2D eigenvalue weighted by molar-refractivity contribution is 4.54. The molecule has 0 radical (unpaired) electrons. The summed E-state index contributed by atoms with van der Waals surface area (Å²) in [4.78, 5) is 2.16. The van der Waals surface area contributed by atoms with E-state index in [1.54, 1.807) is 0 Å². The highest BCUT2D eigenvalue weighted by Gasteiger charge is 2.01. The molecule has 0 rings (SSSR count). The second kappa shape index (κ2) is 15.2. The lowest BCUT2D eigenvalue weighted by atomic mass is 10.3. The summed E-state index contributed by atoms with van der Waals surface area (Å²) in [5.74, 6) is 0. The Hall–Kier alpha value is -0.200. The van der Waals surface area contributed by atoms with Gasteiger partial charge >= 0.3 is 0 Å². The monoisotopic (exact) mass is 291 g/mol. The molecule has 1 unspecified atom stereocenters. The van der Waals surface area contributed by atoms with Crippen LogP contribution < -0.4 is 0 Å². The Bertz CT molecular complexity index is 191. The molecule has 0 aromatic rings. The van der Waals surface area contributed by atoms with Crippen LogP contribution in [0.2, 0.25) is 0 Å². The van der Waals surface area contributed by atoms with Crippen LogP contribution in [-0.4, -0.2) is 75.9 Å². The maximum atomic E-state index is 9.18. The number of hydrogen-bond donors (Lipinski definition) is 1. The molecule has 0 aliphatic carbocycles. The van der Waals surface area contributed by atoms with Crippen LogP contribution in [0.5, 0.6) is 0 Å². The maximum absolute atomic E-state index is 9.18. The van der Waals surface area contributed by atoms with E-state index in [0.29, 0.717) is 33.0 Å². The van der Waals surface area contributed by atoms with Crippen molar-refractivity contribution in [3.63, 3.8) is 0 Å². The van der Waals surface area contributed by atoms with Gasteiger partial charge in [0, 0.05) is 19.7 Å². The molecule has 0 aromatic carbocycles. The third kappa shape index (κ3) is 15.9. The van der Waals surface area contributed by atoms with Crippen molar-refractivity contribution in [1.82, 2.24) is 4.90 Å². The van der Waals surface area contributed by atoms with Crippen molar-refractivity contribution in [2.45, 2.75) is 39.2 Å². The average Bonchev–Trinajstić information content (AvgIpc) is 2.42. The van der Waals surface area contributed by atoms with Crippen molar-refractivity contribution in [2.75, 3.05) is 59.8 Å². The Morgan fingerprint density at radius 2 is 1.45 bits per heavy atom. The van der Waals surface area contributed by atoms with Crippen LogP contribution in [0.1, 0.15) is 33.1 Å². The zero-order valence-corrected chi connectivity index (χ0v) is 13.5. The van der Waals surface area contributed by atoms with Crippen molar-refractivity contribution < 1.29 is 19.3 Å². The molecule has 0 aromatic heterocycles. The van der Waals surface area contributed by atoms with Gasteiger partial charge in [-0.05, 0) is 26.8 Å². The highest BCUT2D eigenvalue weighted by Crippen LogP contribution is 1.93. The van der Waals surface area contributed by atoms with Gasteiger partial charge in [0.2, 0.25) is 0 Å². The normalized spacial score (nSPS) is 13.1. The number of aliphatic hydroxyl groups excluding tert-OH is 1. The molecule has 0 saturated carbocycles. The third-order valence-electron chi connectivity index (χ3n) is 2.93. The predicted octanol–water partition coefficient (Wildman–Crippen LogP) is 1.54. The van der Waals surface area contributed by atoms with Crippen LogP contribution in [0, 0.1) is 0 Å². The van der Waals surface area contributed by atoms with E-state index in [2.05, 4.69) is 11.8 Å². The van der Waals surface area contributed by atoms with E-state index < -0.39 is 0 Å². The maximum Gasteiger partial charge on any atom is 0.0701 e. The molecule has 0 aliphatic heterocycles. The van der Waals surface area contributed by atoms with Gasteiger partial charge in [-0.3, -0.25) is 0 Å². The fourth-order valence-electron chi connectivity index (χ4n) is 1.53. The highest BCUT2D eigenvalue weighted by atomic mass is 16.5. The Labute approximate surface area is 124 Å². The first kappa shape index (κ1) is 19.8. The number of likely N-dealkylation sites (N-methyl/N-ethyl adjacent to an activating group) is 1. The van der Waals surface area contributed by atoms with E-state index in [1.165, 1.54) is 6.42 Å². The Morgan fingerprint density at radius 3 is 2.00 bits per heavy atom. The smallest absolute Gasteiger partial charge is 0.0701 e. The summed E-state index contributed by atoms with van der Waals surface area (Å²) in [6.45, 7) is 9.82. The van der Waals surface area contributed by atoms with E-state index in [1.807, 2.05) is 14.0 Å². The lowest BCUT2D eigenvalue weighted by Crippen LogP contribution is -2.26. The molecule has 5 heteroatoms. The summed E-state index contributed by atoms with van der Waals surface area (Å²) in [6.07, 6.45) is 2.86. The van der Waals surface area contributed by atoms with Gasteiger partial charge in [0.25, 0.3) is 0 Å². The standard InChI is InChI=1S/C15H33NO4/c1-4-5-9-18-11-13-20-14-12-19-10-8-16(3)7-6-15(2)17/h15,17H,4-14H2,1-3H3. The lowest BCUT2D eigenvalue weighted by molar-refractivity contribution is 0.0108. The van der Waals surface area contributed by atoms with Crippen LogP contribution in [0.25, 0.3) is 0 Å². The molecule has 0 spiro atoms. The van der Waals surface area contributed by atoms with Gasteiger partial charge in [-0.25, -0.2) is 0 Å². The summed E-state index contributed by atoms with van der Waals surface area (Å²) < 4.78 is 16.3. The molecule has 1 N–H and O–H groups in total. The zero-order valence-electron chi connectivity index (χ0n) is 13.5. The molecule has 0 fully saturated rings. The third-order valence-corrected chi connectivity index (χ3v) is 2.93. The van der Waals surface area contributed by atoms with Crippen molar-refractivity contribution >= 4 is 0 Å². The average molecular weight is 291 g/mol. The van der Waals surface area contributed by atoms with Crippen molar-refractivity contribution in [1.29, 1.82) is 0 Å². The number of rotatable bonds is 15. The minimum Gasteiger partial charge on any atom is -0.393 e. The van der Waals surface area contributed by atoms with Gasteiger partial charge in [-0.2, -0.15) is 0 Å². The minimum absolute atomic E-state index is 0.230. The topological polar surface area (TPSA) is 51.2 Å². The molecule has 0 amide bonds. The van der Waals surface area contributed by atoms with Crippen molar-refractivity contribution in [3.8, 4) is 0 Å². The Morgan fingerprint density at radius 1 is 0.900 bits per heavy atom. The first-order chi connectivity index (χ1) is 9.66. The van der Waals surface area contributed by atoms with E-state index in [0.717, 1.165) is 32.5 Å². The zero-order chi connectivity index (χ0) is 15.1. The van der Waals surface area contributed by atoms with Gasteiger partial charge < -0.3 is 24.2 Å². The summed E-state index contributed by atoms with van der Waals surface area (Å²) in [5.41, 5.74) is 0. The molecule has 0 heterocycles. The predicted molar refractivity (Wildman–Crippen MR) is 81.2 cm³/mol. The van der Waals surface area contributed by atoms with E-state index in [4.69, 9.17) is 14.2 Å². The lowest BCUT2D eigenvalue weighted by Gasteiger charge is -2.17. The number of hydrogen-bond acceptors (Lipinski definition) is 5. The second-order valence-electron chi connectivity index (χ2n) is 5.13. The van der Waals surface area contributed by atoms with E-state index in [9.17, 15) is 5.11 Å². The molecule has 0 bridgehead atoms. The summed E-state index contributed by atoms with van der Waals surface area (Å²) in [5, 5.41) is 9.18. The van der Waals surface area contributed by atoms with Gasteiger partial charge in [0.05, 0.1) is 39.1 Å². The molecule has 0 aliphatic rings. The number of ether oxygens (including phenoxy) is 3. The van der Waals surface area contributed by atoms with Crippen LogP contribution in [0.15, 0.2) is 0 Å². The number of unbranched alkanes of at least 4 members (excludes halogenated alkanes) is 1. The van der Waals surface area contributed by atoms with E-state index in [-0.39, 0.29) is 6.10 Å². The molecular formula is C15H33NO4.